The number of hydrogen-bond donors (Lipinski definition) is 0. The molecule has 0 atom stereocenters. The number of para-hydroxylation sites is 1. The lowest BCUT2D eigenvalue weighted by molar-refractivity contribution is 0.481. The van der Waals surface area contributed by atoms with Crippen molar-refractivity contribution in [2.45, 2.75) is 12.8 Å². The molecule has 0 N–H and O–H groups in total. The van der Waals surface area contributed by atoms with Crippen molar-refractivity contribution >= 4 is 11.4 Å². The van der Waals surface area contributed by atoms with E-state index in [1.165, 1.54) is 12.8 Å². The number of benzene rings is 4. The summed E-state index contributed by atoms with van der Waals surface area (Å²) in [4.78, 5) is 11.6. The second-order valence-corrected chi connectivity index (χ2v) is 11.0. The fourth-order valence-corrected chi connectivity index (χ4v) is 5.64. The molecule has 7 rings (SSSR count). The van der Waals surface area contributed by atoms with Crippen LogP contribution in [0.4, 0.5) is 11.4 Å². The molecule has 43 heavy (non-hydrogen) atoms. The van der Waals surface area contributed by atoms with Crippen molar-refractivity contribution < 1.29 is 9.47 Å². The van der Waals surface area contributed by atoms with Crippen LogP contribution in [0.15, 0.2) is 128 Å². The Morgan fingerprint density at radius 1 is 0.581 bits per heavy atom. The molecule has 1 fully saturated rings. The molecule has 2 aliphatic rings. The number of aromatic nitrogens is 1. The van der Waals surface area contributed by atoms with Crippen LogP contribution in [0.5, 0.6) is 23.0 Å². The lowest BCUT2D eigenvalue weighted by Crippen LogP contribution is -2.21. The molecule has 0 spiro atoms. The molecule has 0 amide bonds. The van der Waals surface area contributed by atoms with E-state index >= 15 is 0 Å². The summed E-state index contributed by atoms with van der Waals surface area (Å²) in [6.45, 7) is 2.92. The highest BCUT2D eigenvalue weighted by Gasteiger charge is 2.17. The number of rotatable bonds is 8. The maximum Gasteiger partial charge on any atom is 0.130 e. The molecule has 0 saturated carbocycles. The SMILES string of the molecule is CN1C=CN(c2cccc(Oc3cc(-c4cc(-c5cccc(Oc6ccccc6)c5)ccn4)cc(N4CCCC4)c3)c2)C1. The minimum atomic E-state index is 0.798. The van der Waals surface area contributed by atoms with Crippen LogP contribution in [-0.2, 0) is 0 Å². The number of hydrogen-bond acceptors (Lipinski definition) is 6. The van der Waals surface area contributed by atoms with Crippen molar-refractivity contribution in [1.82, 2.24) is 9.88 Å². The number of nitrogens with zero attached hydrogens (tertiary/aromatic N) is 4. The van der Waals surface area contributed by atoms with Crippen LogP contribution in [-0.4, -0.2) is 36.7 Å². The van der Waals surface area contributed by atoms with Gasteiger partial charge in [0.15, 0.2) is 0 Å². The van der Waals surface area contributed by atoms with E-state index in [1.54, 1.807) is 0 Å². The van der Waals surface area contributed by atoms with E-state index in [2.05, 4.69) is 82.7 Å². The Hall–Kier alpha value is -5.23. The molecule has 1 saturated heterocycles. The molecule has 0 bridgehead atoms. The summed E-state index contributed by atoms with van der Waals surface area (Å²) in [5.41, 5.74) is 6.34. The van der Waals surface area contributed by atoms with Gasteiger partial charge in [0, 0.05) is 67.8 Å². The molecule has 1 aromatic heterocycles. The zero-order valence-electron chi connectivity index (χ0n) is 24.3. The van der Waals surface area contributed by atoms with Crippen molar-refractivity contribution in [3.63, 3.8) is 0 Å². The van der Waals surface area contributed by atoms with Gasteiger partial charge >= 0.3 is 0 Å². The Labute approximate surface area is 253 Å². The zero-order valence-corrected chi connectivity index (χ0v) is 24.3. The van der Waals surface area contributed by atoms with Gasteiger partial charge in [-0.15, -0.1) is 0 Å². The summed E-state index contributed by atoms with van der Waals surface area (Å²) in [5.74, 6) is 3.22. The molecular weight excluding hydrogens is 532 g/mol. The Morgan fingerprint density at radius 2 is 1.28 bits per heavy atom. The highest BCUT2D eigenvalue weighted by molar-refractivity contribution is 5.74. The van der Waals surface area contributed by atoms with Crippen LogP contribution in [0.25, 0.3) is 22.4 Å². The lowest BCUT2D eigenvalue weighted by Gasteiger charge is -2.21. The predicted octanol–water partition coefficient (Wildman–Crippen LogP) is 8.78. The Balaban J connectivity index is 1.19. The van der Waals surface area contributed by atoms with Crippen molar-refractivity contribution in [2.75, 3.05) is 36.6 Å². The van der Waals surface area contributed by atoms with Gasteiger partial charge in [0.2, 0.25) is 0 Å². The summed E-state index contributed by atoms with van der Waals surface area (Å²) >= 11 is 0. The molecule has 2 aliphatic heterocycles. The first kappa shape index (κ1) is 26.7. The standard InChI is InChI=1S/C37H34N4O2/c1-39-19-20-41(27-39)31-10-8-14-35(25-31)43-36-23-30(21-32(26-36)40-17-5-6-18-40)37-24-29(15-16-38-37)28-9-7-13-34(22-28)42-33-11-3-2-4-12-33/h2-4,7-16,19-26H,5-6,17-18,27H2,1H3. The molecule has 4 aromatic carbocycles. The molecular formula is C37H34N4O2. The molecule has 3 heterocycles. The van der Waals surface area contributed by atoms with Crippen molar-refractivity contribution in [1.29, 1.82) is 0 Å². The molecule has 5 aromatic rings. The average Bonchev–Trinajstić information content (AvgIpc) is 3.75. The molecule has 6 nitrogen and oxygen atoms in total. The third-order valence-corrected chi connectivity index (χ3v) is 7.83. The van der Waals surface area contributed by atoms with Gasteiger partial charge in [-0.1, -0.05) is 36.4 Å². The first-order valence-electron chi connectivity index (χ1n) is 14.8. The van der Waals surface area contributed by atoms with Crippen molar-refractivity contribution in [2.24, 2.45) is 0 Å². The van der Waals surface area contributed by atoms with Gasteiger partial charge in [-0.2, -0.15) is 0 Å². The summed E-state index contributed by atoms with van der Waals surface area (Å²) < 4.78 is 12.6. The fourth-order valence-electron chi connectivity index (χ4n) is 5.64. The van der Waals surface area contributed by atoms with Gasteiger partial charge in [-0.25, -0.2) is 0 Å². The maximum atomic E-state index is 6.52. The number of pyridine rings is 1. The molecule has 6 heteroatoms. The van der Waals surface area contributed by atoms with E-state index in [0.29, 0.717) is 0 Å². The first-order chi connectivity index (χ1) is 21.2. The van der Waals surface area contributed by atoms with Gasteiger partial charge < -0.3 is 24.2 Å². The largest absolute Gasteiger partial charge is 0.457 e. The van der Waals surface area contributed by atoms with E-state index < -0.39 is 0 Å². The zero-order chi connectivity index (χ0) is 29.0. The van der Waals surface area contributed by atoms with Gasteiger partial charge in [-0.3, -0.25) is 4.98 Å². The highest BCUT2D eigenvalue weighted by Crippen LogP contribution is 2.36. The summed E-state index contributed by atoms with van der Waals surface area (Å²) in [7, 11) is 2.07. The minimum Gasteiger partial charge on any atom is -0.457 e. The van der Waals surface area contributed by atoms with Gasteiger partial charge in [-0.05, 0) is 84.6 Å². The Morgan fingerprint density at radius 3 is 2.09 bits per heavy atom. The second kappa shape index (κ2) is 11.9. The lowest BCUT2D eigenvalue weighted by atomic mass is 10.0. The number of anilines is 2. The van der Waals surface area contributed by atoms with Gasteiger partial charge in [0.1, 0.15) is 23.0 Å². The summed E-state index contributed by atoms with van der Waals surface area (Å²) in [6, 6.07) is 37.0. The van der Waals surface area contributed by atoms with E-state index in [-0.39, 0.29) is 0 Å². The van der Waals surface area contributed by atoms with E-state index in [0.717, 1.165) is 76.5 Å². The third-order valence-electron chi connectivity index (χ3n) is 7.83. The van der Waals surface area contributed by atoms with Crippen LogP contribution in [0, 0.1) is 0 Å². The summed E-state index contributed by atoms with van der Waals surface area (Å²) in [5, 5.41) is 0. The van der Waals surface area contributed by atoms with Gasteiger partial charge in [0.25, 0.3) is 0 Å². The molecule has 0 unspecified atom stereocenters. The smallest absolute Gasteiger partial charge is 0.130 e. The normalized spacial score (nSPS) is 14.4. The van der Waals surface area contributed by atoms with Crippen LogP contribution >= 0.6 is 0 Å². The predicted molar refractivity (Wildman–Crippen MR) is 174 cm³/mol. The molecule has 0 aliphatic carbocycles. The quantitative estimate of drug-likeness (QED) is 0.187. The van der Waals surface area contributed by atoms with Crippen molar-refractivity contribution in [3.05, 3.63) is 128 Å². The topological polar surface area (TPSA) is 41.1 Å². The molecule has 0 radical (unpaired) electrons. The second-order valence-electron chi connectivity index (χ2n) is 11.0. The van der Waals surface area contributed by atoms with E-state index in [4.69, 9.17) is 14.5 Å². The first-order valence-corrected chi connectivity index (χ1v) is 14.8. The van der Waals surface area contributed by atoms with E-state index in [1.807, 2.05) is 66.9 Å². The van der Waals surface area contributed by atoms with Crippen molar-refractivity contribution in [3.8, 4) is 45.4 Å². The maximum absolute atomic E-state index is 6.52. The van der Waals surface area contributed by atoms with Crippen LogP contribution in [0.3, 0.4) is 0 Å². The third kappa shape index (κ3) is 6.19. The average molecular weight is 567 g/mol. The number of ether oxygens (including phenoxy) is 2. The molecule has 214 valence electrons. The minimum absolute atomic E-state index is 0.798. The monoisotopic (exact) mass is 566 g/mol. The summed E-state index contributed by atoms with van der Waals surface area (Å²) in [6.07, 6.45) is 8.45. The van der Waals surface area contributed by atoms with Crippen LogP contribution in [0.1, 0.15) is 12.8 Å². The Bertz CT molecular complexity index is 1750. The Kier molecular flexibility index (Phi) is 7.40. The highest BCUT2D eigenvalue weighted by atomic mass is 16.5. The van der Waals surface area contributed by atoms with E-state index in [9.17, 15) is 0 Å². The van der Waals surface area contributed by atoms with Crippen LogP contribution < -0.4 is 19.3 Å². The fraction of sp³-hybridized carbons (Fsp3) is 0.162. The van der Waals surface area contributed by atoms with Crippen LogP contribution in [0.2, 0.25) is 0 Å². The van der Waals surface area contributed by atoms with Gasteiger partial charge in [0.05, 0.1) is 12.4 Å².